The van der Waals surface area contributed by atoms with Crippen LogP contribution >= 0.6 is 0 Å². The predicted molar refractivity (Wildman–Crippen MR) is 102 cm³/mol. The van der Waals surface area contributed by atoms with Crippen molar-refractivity contribution in [2.75, 3.05) is 0 Å². The SMILES string of the molecule is CC[C@@H](C)[C@@H](NC(=O)c1cccc(-c2cc3ccccc3o2)c1)C(=O)NO. The van der Waals surface area contributed by atoms with Crippen LogP contribution in [0.25, 0.3) is 22.3 Å². The Hall–Kier alpha value is -3.12. The van der Waals surface area contributed by atoms with Crippen molar-refractivity contribution in [3.63, 3.8) is 0 Å². The number of furan rings is 1. The number of amides is 2. The maximum absolute atomic E-state index is 12.6. The Morgan fingerprint density at radius 2 is 1.89 bits per heavy atom. The summed E-state index contributed by atoms with van der Waals surface area (Å²) in [5, 5.41) is 12.6. The summed E-state index contributed by atoms with van der Waals surface area (Å²) in [4.78, 5) is 24.5. The first-order chi connectivity index (χ1) is 13.0. The molecule has 0 saturated carbocycles. The predicted octanol–water partition coefficient (Wildman–Crippen LogP) is 3.75. The number of carbonyl (C=O) groups is 2. The molecule has 0 aliphatic carbocycles. The molecule has 140 valence electrons. The van der Waals surface area contributed by atoms with E-state index >= 15 is 0 Å². The molecule has 2 atom stereocenters. The first kappa shape index (κ1) is 18.7. The van der Waals surface area contributed by atoms with Crippen molar-refractivity contribution in [3.8, 4) is 11.3 Å². The monoisotopic (exact) mass is 366 g/mol. The van der Waals surface area contributed by atoms with Crippen molar-refractivity contribution >= 4 is 22.8 Å². The zero-order valence-corrected chi connectivity index (χ0v) is 15.2. The molecular weight excluding hydrogens is 344 g/mol. The van der Waals surface area contributed by atoms with Crippen molar-refractivity contribution in [2.45, 2.75) is 26.3 Å². The lowest BCUT2D eigenvalue weighted by Crippen LogP contribution is -2.49. The van der Waals surface area contributed by atoms with Gasteiger partial charge in [-0.25, -0.2) is 5.48 Å². The summed E-state index contributed by atoms with van der Waals surface area (Å²) in [5.74, 6) is -0.481. The molecule has 0 spiro atoms. The minimum atomic E-state index is -0.817. The Morgan fingerprint density at radius 3 is 2.59 bits per heavy atom. The van der Waals surface area contributed by atoms with Crippen LogP contribution in [0.3, 0.4) is 0 Å². The largest absolute Gasteiger partial charge is 0.456 e. The fourth-order valence-electron chi connectivity index (χ4n) is 2.93. The van der Waals surface area contributed by atoms with Crippen LogP contribution in [-0.2, 0) is 4.79 Å². The Morgan fingerprint density at radius 1 is 1.11 bits per heavy atom. The zero-order chi connectivity index (χ0) is 19.4. The Kier molecular flexibility index (Phi) is 5.57. The molecule has 0 bridgehead atoms. The smallest absolute Gasteiger partial charge is 0.266 e. The lowest BCUT2D eigenvalue weighted by atomic mass is 9.98. The molecule has 0 radical (unpaired) electrons. The minimum absolute atomic E-state index is 0.125. The molecule has 2 amide bonds. The van der Waals surface area contributed by atoms with Gasteiger partial charge in [-0.3, -0.25) is 14.8 Å². The second kappa shape index (κ2) is 8.05. The third kappa shape index (κ3) is 4.01. The highest BCUT2D eigenvalue weighted by Crippen LogP contribution is 2.28. The summed E-state index contributed by atoms with van der Waals surface area (Å²) in [6.07, 6.45) is 0.678. The third-order valence-corrected chi connectivity index (χ3v) is 4.73. The number of hydroxylamine groups is 1. The van der Waals surface area contributed by atoms with E-state index in [9.17, 15) is 9.59 Å². The van der Waals surface area contributed by atoms with Crippen LogP contribution in [-0.4, -0.2) is 23.1 Å². The third-order valence-electron chi connectivity index (χ3n) is 4.73. The molecule has 0 saturated heterocycles. The number of hydrogen-bond donors (Lipinski definition) is 3. The number of hydrogen-bond acceptors (Lipinski definition) is 4. The van der Waals surface area contributed by atoms with E-state index in [1.54, 1.807) is 23.7 Å². The van der Waals surface area contributed by atoms with Gasteiger partial charge in [-0.2, -0.15) is 0 Å². The summed E-state index contributed by atoms with van der Waals surface area (Å²) in [6, 6.07) is 15.8. The zero-order valence-electron chi connectivity index (χ0n) is 15.2. The molecule has 6 heteroatoms. The van der Waals surface area contributed by atoms with Crippen molar-refractivity contribution in [3.05, 3.63) is 60.2 Å². The van der Waals surface area contributed by atoms with Crippen molar-refractivity contribution in [2.24, 2.45) is 5.92 Å². The van der Waals surface area contributed by atoms with Crippen LogP contribution in [0, 0.1) is 5.92 Å². The Bertz CT molecular complexity index is 930. The number of carbonyl (C=O) groups excluding carboxylic acids is 2. The van der Waals surface area contributed by atoms with Gasteiger partial charge < -0.3 is 9.73 Å². The Balaban J connectivity index is 1.85. The number of nitrogens with one attached hydrogen (secondary N) is 2. The summed E-state index contributed by atoms with van der Waals surface area (Å²) >= 11 is 0. The van der Waals surface area contributed by atoms with Gasteiger partial charge in [0.05, 0.1) is 0 Å². The lowest BCUT2D eigenvalue weighted by Gasteiger charge is -2.22. The van der Waals surface area contributed by atoms with E-state index in [4.69, 9.17) is 9.62 Å². The second-order valence-electron chi connectivity index (χ2n) is 6.54. The number of rotatable bonds is 6. The average Bonchev–Trinajstić information content (AvgIpc) is 3.15. The van der Waals surface area contributed by atoms with E-state index in [0.717, 1.165) is 16.5 Å². The molecule has 27 heavy (non-hydrogen) atoms. The van der Waals surface area contributed by atoms with Crippen molar-refractivity contribution in [1.29, 1.82) is 0 Å². The molecule has 0 fully saturated rings. The fraction of sp³-hybridized carbons (Fsp3) is 0.238. The highest BCUT2D eigenvalue weighted by Gasteiger charge is 2.26. The van der Waals surface area contributed by atoms with Gasteiger partial charge in [-0.1, -0.05) is 50.6 Å². The highest BCUT2D eigenvalue weighted by molar-refractivity contribution is 5.98. The number of benzene rings is 2. The fourth-order valence-corrected chi connectivity index (χ4v) is 2.93. The van der Waals surface area contributed by atoms with Gasteiger partial charge in [-0.15, -0.1) is 0 Å². The molecule has 6 nitrogen and oxygen atoms in total. The van der Waals surface area contributed by atoms with Gasteiger partial charge in [0.1, 0.15) is 17.4 Å². The van der Waals surface area contributed by atoms with Gasteiger partial charge in [0.2, 0.25) is 0 Å². The summed E-state index contributed by atoms with van der Waals surface area (Å²) in [7, 11) is 0. The normalized spacial score (nSPS) is 13.1. The van der Waals surface area contributed by atoms with E-state index in [1.165, 1.54) is 0 Å². The summed E-state index contributed by atoms with van der Waals surface area (Å²) in [5.41, 5.74) is 3.58. The molecule has 1 aromatic heterocycles. The molecule has 0 aliphatic rings. The van der Waals surface area contributed by atoms with Crippen LogP contribution < -0.4 is 10.8 Å². The summed E-state index contributed by atoms with van der Waals surface area (Å²) in [6.45, 7) is 3.75. The topological polar surface area (TPSA) is 91.6 Å². The highest BCUT2D eigenvalue weighted by atomic mass is 16.5. The van der Waals surface area contributed by atoms with E-state index < -0.39 is 11.9 Å². The average molecular weight is 366 g/mol. The van der Waals surface area contributed by atoms with E-state index in [0.29, 0.717) is 17.7 Å². The molecular formula is C21H22N2O4. The van der Waals surface area contributed by atoms with E-state index in [-0.39, 0.29) is 11.8 Å². The first-order valence-corrected chi connectivity index (χ1v) is 8.87. The molecule has 1 heterocycles. The minimum Gasteiger partial charge on any atom is -0.456 e. The van der Waals surface area contributed by atoms with E-state index in [1.807, 2.05) is 50.2 Å². The first-order valence-electron chi connectivity index (χ1n) is 8.87. The standard InChI is InChI=1S/C21H22N2O4/c1-3-13(2)19(21(25)23-26)22-20(24)16-9-6-8-14(11-16)18-12-15-7-4-5-10-17(15)27-18/h4-13,19,26H,3H2,1-2H3,(H,22,24)(H,23,25)/t13-,19-/m1/s1. The van der Waals surface area contributed by atoms with Gasteiger partial charge in [0.25, 0.3) is 11.8 Å². The summed E-state index contributed by atoms with van der Waals surface area (Å²) < 4.78 is 5.85. The van der Waals surface area contributed by atoms with Crippen LogP contribution in [0.15, 0.2) is 59.0 Å². The van der Waals surface area contributed by atoms with Crippen LogP contribution in [0.5, 0.6) is 0 Å². The Labute approximate surface area is 157 Å². The molecule has 3 aromatic rings. The van der Waals surface area contributed by atoms with Gasteiger partial charge in [0, 0.05) is 16.5 Å². The second-order valence-corrected chi connectivity index (χ2v) is 6.54. The van der Waals surface area contributed by atoms with Gasteiger partial charge >= 0.3 is 0 Å². The molecule has 0 unspecified atom stereocenters. The van der Waals surface area contributed by atoms with Crippen molar-refractivity contribution in [1.82, 2.24) is 10.8 Å². The van der Waals surface area contributed by atoms with E-state index in [2.05, 4.69) is 5.32 Å². The molecule has 2 aromatic carbocycles. The lowest BCUT2D eigenvalue weighted by molar-refractivity contribution is -0.132. The quantitative estimate of drug-likeness (QED) is 0.458. The van der Waals surface area contributed by atoms with Crippen LogP contribution in [0.4, 0.5) is 0 Å². The maximum atomic E-state index is 12.6. The molecule has 0 aliphatic heterocycles. The van der Waals surface area contributed by atoms with Gasteiger partial charge in [-0.05, 0) is 30.2 Å². The maximum Gasteiger partial charge on any atom is 0.266 e. The molecule has 3 N–H and O–H groups in total. The number of para-hydroxylation sites is 1. The van der Waals surface area contributed by atoms with Gasteiger partial charge in [0.15, 0.2) is 0 Å². The van der Waals surface area contributed by atoms with Crippen molar-refractivity contribution < 1.29 is 19.2 Å². The van der Waals surface area contributed by atoms with Crippen LogP contribution in [0.1, 0.15) is 30.6 Å². The number of fused-ring (bicyclic) bond motifs is 1. The molecule has 3 rings (SSSR count). The van der Waals surface area contributed by atoms with Crippen LogP contribution in [0.2, 0.25) is 0 Å².